The van der Waals surface area contributed by atoms with Crippen molar-refractivity contribution in [1.82, 2.24) is 0 Å². The Morgan fingerprint density at radius 1 is 0.905 bits per heavy atom. The number of ketones is 1. The summed E-state index contributed by atoms with van der Waals surface area (Å²) in [7, 11) is 0. The van der Waals surface area contributed by atoms with Crippen LogP contribution in [-0.4, -0.2) is 18.4 Å². The Hall–Kier alpha value is -1.94. The predicted molar refractivity (Wildman–Crippen MR) is 84.4 cm³/mol. The summed E-state index contributed by atoms with van der Waals surface area (Å²) in [6.45, 7) is 0.246. The van der Waals surface area contributed by atoms with E-state index in [0.717, 1.165) is 4.47 Å². The Morgan fingerprint density at radius 3 is 2.24 bits per heavy atom. The Balaban J connectivity index is 1.73. The van der Waals surface area contributed by atoms with Crippen LogP contribution in [0, 0.1) is 0 Å². The van der Waals surface area contributed by atoms with Crippen LogP contribution in [0.5, 0.6) is 0 Å². The highest BCUT2D eigenvalue weighted by atomic mass is 79.9. The fourth-order valence-corrected chi connectivity index (χ4v) is 2.10. The summed E-state index contributed by atoms with van der Waals surface area (Å²) in [4.78, 5) is 23.6. The minimum absolute atomic E-state index is 0.0539. The maximum atomic E-state index is 11.9. The average Bonchev–Trinajstić information content (AvgIpc) is 2.52. The van der Waals surface area contributed by atoms with E-state index in [1.54, 1.807) is 36.4 Å². The fourth-order valence-electron chi connectivity index (χ4n) is 1.84. The van der Waals surface area contributed by atoms with Gasteiger partial charge in [0.25, 0.3) is 0 Å². The van der Waals surface area contributed by atoms with Gasteiger partial charge < -0.3 is 4.74 Å². The predicted octanol–water partition coefficient (Wildman–Crippen LogP) is 4.27. The molecule has 0 saturated carbocycles. The lowest BCUT2D eigenvalue weighted by Gasteiger charge is -2.05. The van der Waals surface area contributed by atoms with Crippen LogP contribution in [0.15, 0.2) is 59.1 Å². The third-order valence-electron chi connectivity index (χ3n) is 2.96. The molecule has 0 aromatic heterocycles. The van der Waals surface area contributed by atoms with Crippen LogP contribution in [0.1, 0.15) is 33.6 Å². The monoisotopic (exact) mass is 346 g/mol. The van der Waals surface area contributed by atoms with Gasteiger partial charge in [-0.3, -0.25) is 4.79 Å². The van der Waals surface area contributed by atoms with Gasteiger partial charge in [-0.25, -0.2) is 4.79 Å². The third kappa shape index (κ3) is 4.83. The highest BCUT2D eigenvalue weighted by Crippen LogP contribution is 2.12. The van der Waals surface area contributed by atoms with Crippen molar-refractivity contribution in [3.8, 4) is 0 Å². The van der Waals surface area contributed by atoms with E-state index in [9.17, 15) is 9.59 Å². The van der Waals surface area contributed by atoms with Crippen LogP contribution in [0.4, 0.5) is 0 Å². The summed E-state index contributed by atoms with van der Waals surface area (Å²) in [6, 6.07) is 16.1. The maximum absolute atomic E-state index is 11.9. The van der Waals surface area contributed by atoms with Crippen molar-refractivity contribution < 1.29 is 14.3 Å². The van der Waals surface area contributed by atoms with Crippen molar-refractivity contribution in [3.63, 3.8) is 0 Å². The van der Waals surface area contributed by atoms with Crippen molar-refractivity contribution in [3.05, 3.63) is 70.2 Å². The standard InChI is InChI=1S/C17H15BrO3/c18-15-10-8-13(9-11-15)16(19)7-4-12-21-17(20)14-5-2-1-3-6-14/h1-3,5-6,8-11H,4,7,12H2. The minimum atomic E-state index is -0.355. The van der Waals surface area contributed by atoms with Gasteiger partial charge in [0, 0.05) is 16.5 Å². The first-order valence-electron chi connectivity index (χ1n) is 6.68. The molecule has 0 aliphatic heterocycles. The lowest BCUT2D eigenvalue weighted by molar-refractivity contribution is 0.0494. The molecule has 21 heavy (non-hydrogen) atoms. The summed E-state index contributed by atoms with van der Waals surface area (Å²) in [5, 5.41) is 0. The van der Waals surface area contributed by atoms with Crippen molar-refractivity contribution in [2.24, 2.45) is 0 Å². The average molecular weight is 347 g/mol. The molecule has 2 aromatic rings. The van der Waals surface area contributed by atoms with Crippen molar-refractivity contribution in [2.75, 3.05) is 6.61 Å². The van der Waals surface area contributed by atoms with Crippen molar-refractivity contribution >= 4 is 27.7 Å². The summed E-state index contributed by atoms with van der Waals surface area (Å²) in [6.07, 6.45) is 0.886. The summed E-state index contributed by atoms with van der Waals surface area (Å²) >= 11 is 3.33. The zero-order valence-corrected chi connectivity index (χ0v) is 13.0. The second-order valence-corrected chi connectivity index (χ2v) is 5.45. The molecule has 0 N–H and O–H groups in total. The Bertz CT molecular complexity index is 606. The number of carbonyl (C=O) groups is 2. The number of halogens is 1. The van der Waals surface area contributed by atoms with Gasteiger partial charge in [0.05, 0.1) is 12.2 Å². The van der Waals surface area contributed by atoms with Crippen LogP contribution >= 0.6 is 15.9 Å². The number of Topliss-reactive ketones (excluding diaryl/α,β-unsaturated/α-hetero) is 1. The molecule has 0 heterocycles. The number of esters is 1. The van der Waals surface area contributed by atoms with Crippen LogP contribution in [0.25, 0.3) is 0 Å². The molecule has 0 radical (unpaired) electrons. The van der Waals surface area contributed by atoms with Gasteiger partial charge in [-0.05, 0) is 30.7 Å². The molecule has 108 valence electrons. The highest BCUT2D eigenvalue weighted by Gasteiger charge is 2.08. The summed E-state index contributed by atoms with van der Waals surface area (Å²) < 4.78 is 6.08. The normalized spacial score (nSPS) is 10.1. The zero-order valence-electron chi connectivity index (χ0n) is 11.4. The molecular formula is C17H15BrO3. The first-order valence-corrected chi connectivity index (χ1v) is 7.47. The molecule has 3 nitrogen and oxygen atoms in total. The number of carbonyl (C=O) groups excluding carboxylic acids is 2. The molecule has 0 aliphatic carbocycles. The van der Waals surface area contributed by atoms with E-state index >= 15 is 0 Å². The topological polar surface area (TPSA) is 43.4 Å². The highest BCUT2D eigenvalue weighted by molar-refractivity contribution is 9.10. The van der Waals surface area contributed by atoms with Crippen LogP contribution in [0.2, 0.25) is 0 Å². The maximum Gasteiger partial charge on any atom is 0.338 e. The molecule has 0 atom stereocenters. The molecule has 0 fully saturated rings. The molecule has 0 spiro atoms. The van der Waals surface area contributed by atoms with E-state index in [1.165, 1.54) is 0 Å². The zero-order chi connectivity index (χ0) is 15.1. The van der Waals surface area contributed by atoms with E-state index < -0.39 is 0 Å². The molecule has 0 aliphatic rings. The van der Waals surface area contributed by atoms with Gasteiger partial charge >= 0.3 is 5.97 Å². The number of rotatable bonds is 6. The molecular weight excluding hydrogens is 332 g/mol. The van der Waals surface area contributed by atoms with Crippen molar-refractivity contribution in [1.29, 1.82) is 0 Å². The first-order chi connectivity index (χ1) is 10.2. The molecule has 0 amide bonds. The smallest absolute Gasteiger partial charge is 0.338 e. The Labute approximate surface area is 132 Å². The number of ether oxygens (including phenoxy) is 1. The van der Waals surface area contributed by atoms with Gasteiger partial charge in [-0.15, -0.1) is 0 Å². The Morgan fingerprint density at radius 2 is 1.57 bits per heavy atom. The van der Waals surface area contributed by atoms with Gasteiger partial charge in [0.2, 0.25) is 0 Å². The van der Waals surface area contributed by atoms with Gasteiger partial charge in [-0.1, -0.05) is 46.3 Å². The van der Waals surface area contributed by atoms with E-state index in [0.29, 0.717) is 24.0 Å². The Kier molecular flexibility index (Phi) is 5.69. The summed E-state index contributed by atoms with van der Waals surface area (Å²) in [5.74, 6) is -0.301. The van der Waals surface area contributed by atoms with Gasteiger partial charge in [0.1, 0.15) is 0 Å². The van der Waals surface area contributed by atoms with Crippen LogP contribution < -0.4 is 0 Å². The summed E-state index contributed by atoms with van der Waals surface area (Å²) in [5.41, 5.74) is 1.20. The van der Waals surface area contributed by atoms with E-state index in [1.807, 2.05) is 18.2 Å². The molecule has 2 rings (SSSR count). The van der Waals surface area contributed by atoms with Gasteiger partial charge in [-0.2, -0.15) is 0 Å². The third-order valence-corrected chi connectivity index (χ3v) is 3.49. The molecule has 2 aromatic carbocycles. The van der Waals surface area contributed by atoms with E-state index in [-0.39, 0.29) is 18.4 Å². The quantitative estimate of drug-likeness (QED) is 0.445. The SMILES string of the molecule is O=C(CCCOC(=O)c1ccccc1)c1ccc(Br)cc1. The molecule has 0 unspecified atom stereocenters. The second-order valence-electron chi connectivity index (χ2n) is 4.54. The molecule has 4 heteroatoms. The van der Waals surface area contributed by atoms with Crippen LogP contribution in [0.3, 0.4) is 0 Å². The number of benzene rings is 2. The number of hydrogen-bond donors (Lipinski definition) is 0. The second kappa shape index (κ2) is 7.74. The lowest BCUT2D eigenvalue weighted by atomic mass is 10.1. The van der Waals surface area contributed by atoms with Gasteiger partial charge in [0.15, 0.2) is 5.78 Å². The van der Waals surface area contributed by atoms with Crippen LogP contribution in [-0.2, 0) is 4.74 Å². The van der Waals surface area contributed by atoms with E-state index in [4.69, 9.17) is 4.74 Å². The first kappa shape index (κ1) is 15.4. The minimum Gasteiger partial charge on any atom is -0.462 e. The molecule has 0 bridgehead atoms. The van der Waals surface area contributed by atoms with E-state index in [2.05, 4.69) is 15.9 Å². The largest absolute Gasteiger partial charge is 0.462 e. The number of hydrogen-bond acceptors (Lipinski definition) is 3. The lowest BCUT2D eigenvalue weighted by Crippen LogP contribution is -2.08. The van der Waals surface area contributed by atoms with Crippen molar-refractivity contribution in [2.45, 2.75) is 12.8 Å². The fraction of sp³-hybridized carbons (Fsp3) is 0.176. The molecule has 0 saturated heterocycles.